The Balaban J connectivity index is 2.37. The number of benzene rings is 1. The van der Waals surface area contributed by atoms with Gasteiger partial charge in [-0.15, -0.1) is 0 Å². The van der Waals surface area contributed by atoms with Crippen molar-refractivity contribution in [2.75, 3.05) is 6.54 Å². The Morgan fingerprint density at radius 3 is 2.94 bits per heavy atom. The predicted molar refractivity (Wildman–Crippen MR) is 63.3 cm³/mol. The highest BCUT2D eigenvalue weighted by Crippen LogP contribution is 2.24. The van der Waals surface area contributed by atoms with Crippen molar-refractivity contribution in [1.82, 2.24) is 0 Å². The fourth-order valence-corrected chi connectivity index (χ4v) is 1.77. The number of rotatable bonds is 4. The highest BCUT2D eigenvalue weighted by molar-refractivity contribution is 5.98. The molecule has 0 radical (unpaired) electrons. The van der Waals surface area contributed by atoms with E-state index < -0.39 is 5.82 Å². The monoisotopic (exact) mass is 235 g/mol. The van der Waals surface area contributed by atoms with Crippen LogP contribution in [0.1, 0.15) is 23.9 Å². The Morgan fingerprint density at radius 1 is 1.53 bits per heavy atom. The molecule has 0 aliphatic carbocycles. The topological polar surface area (TPSA) is 56.2 Å². The highest BCUT2D eigenvalue weighted by atomic mass is 19.1. The van der Waals surface area contributed by atoms with E-state index >= 15 is 0 Å². The molecule has 0 aliphatic rings. The number of nitrogens with two attached hydrogens (primary N) is 1. The maximum Gasteiger partial charge on any atom is 0.200 e. The van der Waals surface area contributed by atoms with Gasteiger partial charge in [0.1, 0.15) is 0 Å². The Morgan fingerprint density at radius 2 is 2.29 bits per heavy atom. The van der Waals surface area contributed by atoms with Crippen molar-refractivity contribution in [3.63, 3.8) is 0 Å². The van der Waals surface area contributed by atoms with Gasteiger partial charge < -0.3 is 10.2 Å². The van der Waals surface area contributed by atoms with Crippen LogP contribution in [0.5, 0.6) is 0 Å². The molecule has 2 aromatic rings. The fraction of sp³-hybridized carbons (Fsp3) is 0.308. The molecule has 0 spiro atoms. The molecule has 90 valence electrons. The van der Waals surface area contributed by atoms with E-state index in [1.54, 1.807) is 25.1 Å². The summed E-state index contributed by atoms with van der Waals surface area (Å²) < 4.78 is 18.6. The molecule has 1 heterocycles. The number of ketones is 1. The van der Waals surface area contributed by atoms with Crippen molar-refractivity contribution in [2.24, 2.45) is 11.7 Å². The molecule has 1 aromatic heterocycles. The van der Waals surface area contributed by atoms with Crippen molar-refractivity contribution in [1.29, 1.82) is 0 Å². The van der Waals surface area contributed by atoms with E-state index in [1.807, 2.05) is 0 Å². The standard InChI is InChI=1S/C13H14FNO2/c1-8(5-6-15)12(16)11-7-9-3-2-4-10(14)13(9)17-11/h2-4,7-8H,5-6,15H2,1H3. The molecule has 2 N–H and O–H groups in total. The van der Waals surface area contributed by atoms with E-state index in [1.165, 1.54) is 6.07 Å². The first-order valence-corrected chi connectivity index (χ1v) is 5.56. The van der Waals surface area contributed by atoms with Gasteiger partial charge in [0.25, 0.3) is 0 Å². The number of hydrogen-bond acceptors (Lipinski definition) is 3. The maximum absolute atomic E-state index is 13.4. The number of hydrogen-bond donors (Lipinski definition) is 1. The van der Waals surface area contributed by atoms with Gasteiger partial charge in [0.05, 0.1) is 0 Å². The van der Waals surface area contributed by atoms with Crippen LogP contribution in [-0.2, 0) is 0 Å². The quantitative estimate of drug-likeness (QED) is 0.829. The lowest BCUT2D eigenvalue weighted by molar-refractivity contribution is 0.0899. The molecule has 3 nitrogen and oxygen atoms in total. The minimum atomic E-state index is -0.451. The SMILES string of the molecule is CC(CCN)C(=O)c1cc2cccc(F)c2o1. The van der Waals surface area contributed by atoms with E-state index in [-0.39, 0.29) is 23.0 Å². The molecule has 2 rings (SSSR count). The van der Waals surface area contributed by atoms with Crippen LogP contribution in [0.3, 0.4) is 0 Å². The zero-order chi connectivity index (χ0) is 12.4. The molecule has 0 fully saturated rings. The smallest absolute Gasteiger partial charge is 0.200 e. The minimum Gasteiger partial charge on any atom is -0.450 e. The van der Waals surface area contributed by atoms with Crippen LogP contribution in [0.4, 0.5) is 4.39 Å². The second-order valence-corrected chi connectivity index (χ2v) is 4.11. The summed E-state index contributed by atoms with van der Waals surface area (Å²) in [5, 5.41) is 0.605. The number of carbonyl (C=O) groups is 1. The molecule has 4 heteroatoms. The third-order valence-electron chi connectivity index (χ3n) is 2.79. The van der Waals surface area contributed by atoms with Crippen molar-refractivity contribution in [3.05, 3.63) is 35.8 Å². The van der Waals surface area contributed by atoms with Gasteiger partial charge in [-0.05, 0) is 25.1 Å². The predicted octanol–water partition coefficient (Wildman–Crippen LogP) is 2.74. The van der Waals surface area contributed by atoms with Gasteiger partial charge in [0, 0.05) is 11.3 Å². The number of fused-ring (bicyclic) bond motifs is 1. The van der Waals surface area contributed by atoms with Crippen molar-refractivity contribution < 1.29 is 13.6 Å². The third-order valence-corrected chi connectivity index (χ3v) is 2.79. The lowest BCUT2D eigenvalue weighted by atomic mass is 10.0. The van der Waals surface area contributed by atoms with Crippen molar-refractivity contribution >= 4 is 16.8 Å². The second kappa shape index (κ2) is 4.67. The summed E-state index contributed by atoms with van der Waals surface area (Å²) in [5.74, 6) is -0.589. The summed E-state index contributed by atoms with van der Waals surface area (Å²) in [6, 6.07) is 6.19. The van der Waals surface area contributed by atoms with Crippen LogP contribution < -0.4 is 5.73 Å². The van der Waals surface area contributed by atoms with Crippen LogP contribution in [0.25, 0.3) is 11.0 Å². The van der Waals surface area contributed by atoms with Gasteiger partial charge in [-0.3, -0.25) is 4.79 Å². The van der Waals surface area contributed by atoms with Crippen molar-refractivity contribution in [3.8, 4) is 0 Å². The lowest BCUT2D eigenvalue weighted by Gasteiger charge is -2.05. The summed E-state index contributed by atoms with van der Waals surface area (Å²) in [7, 11) is 0. The highest BCUT2D eigenvalue weighted by Gasteiger charge is 2.19. The van der Waals surface area contributed by atoms with Crippen LogP contribution in [0.2, 0.25) is 0 Å². The molecule has 0 bridgehead atoms. The minimum absolute atomic E-state index is 0.133. The molecule has 0 saturated heterocycles. The number of para-hydroxylation sites is 1. The number of carbonyl (C=O) groups excluding carboxylic acids is 1. The molecule has 17 heavy (non-hydrogen) atoms. The third kappa shape index (κ3) is 2.22. The summed E-state index contributed by atoms with van der Waals surface area (Å²) in [6.45, 7) is 2.24. The van der Waals surface area contributed by atoms with Crippen LogP contribution in [-0.4, -0.2) is 12.3 Å². The summed E-state index contributed by atoms with van der Waals surface area (Å²) in [4.78, 5) is 11.9. The maximum atomic E-state index is 13.4. The molecular weight excluding hydrogens is 221 g/mol. The first-order valence-electron chi connectivity index (χ1n) is 5.56. The Hall–Kier alpha value is -1.68. The summed E-state index contributed by atoms with van der Waals surface area (Å²) in [5.41, 5.74) is 5.54. The van der Waals surface area contributed by atoms with E-state index in [0.717, 1.165) is 0 Å². The van der Waals surface area contributed by atoms with Crippen LogP contribution in [0.15, 0.2) is 28.7 Å². The van der Waals surface area contributed by atoms with E-state index in [0.29, 0.717) is 18.4 Å². The van der Waals surface area contributed by atoms with Crippen LogP contribution in [0, 0.1) is 11.7 Å². The van der Waals surface area contributed by atoms with Crippen molar-refractivity contribution in [2.45, 2.75) is 13.3 Å². The molecule has 1 aromatic carbocycles. The zero-order valence-electron chi connectivity index (χ0n) is 9.57. The van der Waals surface area contributed by atoms with Gasteiger partial charge in [-0.1, -0.05) is 19.1 Å². The zero-order valence-corrected chi connectivity index (χ0v) is 9.57. The molecule has 0 saturated carbocycles. The second-order valence-electron chi connectivity index (χ2n) is 4.11. The van der Waals surface area contributed by atoms with Gasteiger partial charge >= 0.3 is 0 Å². The first-order chi connectivity index (χ1) is 8.13. The number of furan rings is 1. The lowest BCUT2D eigenvalue weighted by Crippen LogP contribution is -2.15. The summed E-state index contributed by atoms with van der Waals surface area (Å²) >= 11 is 0. The van der Waals surface area contributed by atoms with Gasteiger partial charge in [-0.25, -0.2) is 4.39 Å². The van der Waals surface area contributed by atoms with E-state index in [2.05, 4.69) is 0 Å². The molecular formula is C13H14FNO2. The van der Waals surface area contributed by atoms with Gasteiger partial charge in [-0.2, -0.15) is 0 Å². The Labute approximate surface area is 98.4 Å². The molecule has 0 amide bonds. The largest absolute Gasteiger partial charge is 0.450 e. The molecule has 0 aliphatic heterocycles. The average molecular weight is 235 g/mol. The Bertz CT molecular complexity index is 547. The fourth-order valence-electron chi connectivity index (χ4n) is 1.77. The van der Waals surface area contributed by atoms with Gasteiger partial charge in [0.15, 0.2) is 17.2 Å². The van der Waals surface area contributed by atoms with Crippen LogP contribution >= 0.6 is 0 Å². The Kier molecular flexibility index (Phi) is 3.24. The molecule has 1 unspecified atom stereocenters. The van der Waals surface area contributed by atoms with E-state index in [9.17, 15) is 9.18 Å². The first kappa shape index (κ1) is 11.8. The number of halogens is 1. The summed E-state index contributed by atoms with van der Waals surface area (Å²) in [6.07, 6.45) is 0.596. The number of Topliss-reactive ketones (excluding diaryl/α,β-unsaturated/α-hetero) is 1. The van der Waals surface area contributed by atoms with E-state index in [4.69, 9.17) is 10.2 Å². The average Bonchev–Trinajstić information content (AvgIpc) is 2.73. The normalized spacial score (nSPS) is 12.9. The molecule has 1 atom stereocenters. The van der Waals surface area contributed by atoms with Gasteiger partial charge in [0.2, 0.25) is 5.78 Å².